The van der Waals surface area contributed by atoms with Crippen molar-refractivity contribution in [3.05, 3.63) is 62.4 Å². The zero-order valence-electron chi connectivity index (χ0n) is 22.1. The van der Waals surface area contributed by atoms with Crippen LogP contribution >= 0.6 is 15.9 Å². The van der Waals surface area contributed by atoms with Crippen molar-refractivity contribution in [3.8, 4) is 28.7 Å². The molecule has 0 radical (unpaired) electrons. The molecule has 10 heteroatoms. The lowest BCUT2D eigenvalue weighted by atomic mass is 9.71. The maximum atomic E-state index is 13.8. The molecule has 0 fully saturated rings. The van der Waals surface area contributed by atoms with Crippen molar-refractivity contribution in [1.29, 1.82) is 0 Å². The summed E-state index contributed by atoms with van der Waals surface area (Å²) in [4.78, 5) is 26.8. The van der Waals surface area contributed by atoms with Crippen LogP contribution in [0.5, 0.6) is 28.7 Å². The number of ketones is 1. The molecule has 2 aliphatic rings. The minimum atomic E-state index is -0.710. The number of methoxy groups -OCH3 is 5. The molecular weight excluding hydrogens is 558 g/mol. The first-order chi connectivity index (χ1) is 18.2. The fourth-order valence-corrected chi connectivity index (χ4v) is 5.70. The van der Waals surface area contributed by atoms with Crippen LogP contribution in [-0.2, 0) is 14.3 Å². The summed E-state index contributed by atoms with van der Waals surface area (Å²) >= 11 is 3.36. The Balaban J connectivity index is 1.85. The molecule has 2 aromatic carbocycles. The number of hydrogen-bond acceptors (Lipinski definition) is 9. The third kappa shape index (κ3) is 4.69. The molecule has 0 unspecified atom stereocenters. The van der Waals surface area contributed by atoms with E-state index in [0.29, 0.717) is 50.5 Å². The van der Waals surface area contributed by atoms with E-state index >= 15 is 0 Å². The molecule has 0 bridgehead atoms. The Morgan fingerprint density at radius 2 is 1.53 bits per heavy atom. The third-order valence-electron chi connectivity index (χ3n) is 7.00. The van der Waals surface area contributed by atoms with E-state index in [1.807, 2.05) is 12.1 Å². The number of carbonyl (C=O) groups excluding carboxylic acids is 2. The lowest BCUT2D eigenvalue weighted by molar-refractivity contribution is -0.136. The quantitative estimate of drug-likeness (QED) is 0.444. The van der Waals surface area contributed by atoms with Gasteiger partial charge in [0.25, 0.3) is 0 Å². The van der Waals surface area contributed by atoms with Gasteiger partial charge in [-0.1, -0.05) is 0 Å². The van der Waals surface area contributed by atoms with Crippen molar-refractivity contribution >= 4 is 27.7 Å². The van der Waals surface area contributed by atoms with Crippen molar-refractivity contribution in [2.24, 2.45) is 0 Å². The van der Waals surface area contributed by atoms with Gasteiger partial charge in [-0.05, 0) is 70.6 Å². The van der Waals surface area contributed by atoms with Gasteiger partial charge in [0.2, 0.25) is 5.75 Å². The number of phenols is 1. The van der Waals surface area contributed by atoms with Crippen molar-refractivity contribution in [2.75, 3.05) is 35.5 Å². The van der Waals surface area contributed by atoms with Gasteiger partial charge in [-0.25, -0.2) is 4.79 Å². The normalized spacial score (nSPS) is 19.0. The fourth-order valence-electron chi connectivity index (χ4n) is 5.24. The second-order valence-corrected chi connectivity index (χ2v) is 9.88. The summed E-state index contributed by atoms with van der Waals surface area (Å²) < 4.78 is 27.3. The fraction of sp³-hybridized carbons (Fsp3) is 0.357. The smallest absolute Gasteiger partial charge is 0.336 e. The van der Waals surface area contributed by atoms with E-state index in [1.54, 1.807) is 33.3 Å². The average Bonchev–Trinajstić information content (AvgIpc) is 2.92. The first kappa shape index (κ1) is 27.4. The number of rotatable bonds is 7. The topological polar surface area (TPSA) is 113 Å². The van der Waals surface area contributed by atoms with Gasteiger partial charge >= 0.3 is 5.97 Å². The van der Waals surface area contributed by atoms with Crippen LogP contribution in [0.2, 0.25) is 0 Å². The number of phenolic OH excluding ortho intramolecular Hbond substituents is 1. The molecule has 1 aliphatic heterocycles. The van der Waals surface area contributed by atoms with Gasteiger partial charge in [-0.15, -0.1) is 0 Å². The maximum Gasteiger partial charge on any atom is 0.336 e. The van der Waals surface area contributed by atoms with Crippen molar-refractivity contribution in [2.45, 2.75) is 31.6 Å². The van der Waals surface area contributed by atoms with Crippen LogP contribution in [0.4, 0.5) is 0 Å². The van der Waals surface area contributed by atoms with Crippen molar-refractivity contribution < 1.29 is 38.4 Å². The van der Waals surface area contributed by atoms with E-state index in [9.17, 15) is 14.7 Å². The van der Waals surface area contributed by atoms with E-state index in [-0.39, 0.29) is 29.6 Å². The summed E-state index contributed by atoms with van der Waals surface area (Å²) in [6.45, 7) is 1.78. The molecule has 9 nitrogen and oxygen atoms in total. The minimum Gasteiger partial charge on any atom is -0.503 e. The summed E-state index contributed by atoms with van der Waals surface area (Å²) in [5, 5.41) is 13.7. The predicted octanol–water partition coefficient (Wildman–Crippen LogP) is 4.72. The minimum absolute atomic E-state index is 0.0721. The Bertz CT molecular complexity index is 1340. The zero-order chi connectivity index (χ0) is 27.7. The lowest BCUT2D eigenvalue weighted by Crippen LogP contribution is -2.36. The highest BCUT2D eigenvalue weighted by Crippen LogP contribution is 2.49. The van der Waals surface area contributed by atoms with Gasteiger partial charge in [-0.2, -0.15) is 0 Å². The molecule has 2 atom stereocenters. The summed E-state index contributed by atoms with van der Waals surface area (Å²) in [5.41, 5.74) is 3.59. The maximum absolute atomic E-state index is 13.8. The average molecular weight is 588 g/mol. The number of dihydropyridines is 1. The Hall–Kier alpha value is -3.66. The molecule has 0 spiro atoms. The van der Waals surface area contributed by atoms with Gasteiger partial charge < -0.3 is 34.1 Å². The van der Waals surface area contributed by atoms with Crippen LogP contribution in [0.1, 0.15) is 42.7 Å². The highest BCUT2D eigenvalue weighted by Gasteiger charge is 2.42. The number of hydrogen-bond donors (Lipinski definition) is 2. The molecule has 38 heavy (non-hydrogen) atoms. The number of ether oxygens (including phenoxy) is 5. The molecule has 0 amide bonds. The van der Waals surface area contributed by atoms with Crippen molar-refractivity contribution in [3.63, 3.8) is 0 Å². The van der Waals surface area contributed by atoms with Crippen LogP contribution < -0.4 is 24.3 Å². The molecule has 4 rings (SSSR count). The number of carbonyl (C=O) groups is 2. The van der Waals surface area contributed by atoms with Crippen LogP contribution in [0, 0.1) is 0 Å². The monoisotopic (exact) mass is 587 g/mol. The number of aromatic hydroxyl groups is 1. The predicted molar refractivity (Wildman–Crippen MR) is 143 cm³/mol. The Labute approximate surface area is 229 Å². The van der Waals surface area contributed by atoms with Crippen LogP contribution in [-0.4, -0.2) is 52.4 Å². The SMILES string of the molecule is COC(=O)C1=C(C)NC2=C(C(=O)C[C@@H](c3cc(OC)c(OC)c(OC)c3)C2)[C@H]1c1cc(Br)c(O)c(OC)c1. The Kier molecular flexibility index (Phi) is 7.91. The van der Waals surface area contributed by atoms with E-state index < -0.39 is 11.9 Å². The van der Waals surface area contributed by atoms with E-state index in [1.165, 1.54) is 21.3 Å². The first-order valence-electron chi connectivity index (χ1n) is 11.9. The summed E-state index contributed by atoms with van der Waals surface area (Å²) in [6.07, 6.45) is 0.720. The largest absolute Gasteiger partial charge is 0.503 e. The number of halogens is 1. The van der Waals surface area contributed by atoms with Gasteiger partial charge in [0.1, 0.15) is 0 Å². The molecule has 0 saturated carbocycles. The highest BCUT2D eigenvalue weighted by molar-refractivity contribution is 9.10. The number of esters is 1. The zero-order valence-corrected chi connectivity index (χ0v) is 23.6. The second-order valence-electron chi connectivity index (χ2n) is 9.02. The van der Waals surface area contributed by atoms with Gasteiger partial charge in [0.15, 0.2) is 28.8 Å². The first-order valence-corrected chi connectivity index (χ1v) is 12.7. The molecule has 1 heterocycles. The standard InChI is InChI=1S/C28H30BrNO8/c1-13-23(28(33)38-6)24(16-7-17(29)26(32)20(12-16)34-2)25-18(30-13)8-14(9-19(25)31)15-10-21(35-3)27(37-5)22(11-15)36-4/h7,10-12,14,24,30,32H,8-9H2,1-6H3/t14-,24-/m0/s1. The van der Waals surface area contributed by atoms with Crippen LogP contribution in [0.15, 0.2) is 51.3 Å². The molecule has 0 aromatic heterocycles. The van der Waals surface area contributed by atoms with E-state index in [0.717, 1.165) is 11.3 Å². The molecular formula is C28H30BrNO8. The van der Waals surface area contributed by atoms with Crippen LogP contribution in [0.3, 0.4) is 0 Å². The molecule has 0 saturated heterocycles. The van der Waals surface area contributed by atoms with Crippen molar-refractivity contribution in [1.82, 2.24) is 5.32 Å². The van der Waals surface area contributed by atoms with Gasteiger partial charge in [0, 0.05) is 29.3 Å². The number of benzene rings is 2. The molecule has 2 aromatic rings. The molecule has 1 aliphatic carbocycles. The van der Waals surface area contributed by atoms with Gasteiger partial charge in [-0.3, -0.25) is 4.79 Å². The number of Topliss-reactive ketones (excluding diaryl/α,β-unsaturated/α-hetero) is 1. The second kappa shape index (κ2) is 11.0. The summed E-state index contributed by atoms with van der Waals surface area (Å²) in [5.74, 6) is 0.100. The van der Waals surface area contributed by atoms with Crippen LogP contribution in [0.25, 0.3) is 0 Å². The van der Waals surface area contributed by atoms with Gasteiger partial charge in [0.05, 0.1) is 45.6 Å². The molecule has 2 N–H and O–H groups in total. The highest BCUT2D eigenvalue weighted by atomic mass is 79.9. The van der Waals surface area contributed by atoms with E-state index in [2.05, 4.69) is 21.2 Å². The summed E-state index contributed by atoms with van der Waals surface area (Å²) in [7, 11) is 7.38. The summed E-state index contributed by atoms with van der Waals surface area (Å²) in [6, 6.07) is 7.04. The lowest BCUT2D eigenvalue weighted by Gasteiger charge is -2.37. The Morgan fingerprint density at radius 3 is 2.08 bits per heavy atom. The molecule has 202 valence electrons. The number of allylic oxidation sites excluding steroid dienone is 3. The third-order valence-corrected chi connectivity index (χ3v) is 7.60. The van der Waals surface area contributed by atoms with E-state index in [4.69, 9.17) is 23.7 Å². The number of nitrogens with one attached hydrogen (secondary N) is 1. The Morgan fingerprint density at radius 1 is 0.921 bits per heavy atom.